The fourth-order valence-electron chi connectivity index (χ4n) is 10.2. The van der Waals surface area contributed by atoms with E-state index >= 15 is 0 Å². The van der Waals surface area contributed by atoms with E-state index in [1.165, 1.54) is 41.5 Å². The van der Waals surface area contributed by atoms with Gasteiger partial charge < -0.3 is 9.47 Å². The van der Waals surface area contributed by atoms with Crippen LogP contribution in [0.15, 0.2) is 164 Å². The molecule has 0 aromatic heterocycles. The lowest BCUT2D eigenvalue weighted by atomic mass is 9.89. The molecule has 5 heteroatoms. The second-order valence-corrected chi connectivity index (χ2v) is 29.3. The third kappa shape index (κ3) is 5.32. The zero-order chi connectivity index (χ0) is 39.0. The number of para-hydroxylation sites is 4. The van der Waals surface area contributed by atoms with Gasteiger partial charge in [-0.05, 0) is 83.5 Å². The van der Waals surface area contributed by atoms with Gasteiger partial charge in [-0.1, -0.05) is 191 Å². The lowest BCUT2D eigenvalue weighted by Gasteiger charge is -2.40. The van der Waals surface area contributed by atoms with Crippen molar-refractivity contribution < 1.29 is 10.8 Å². The van der Waals surface area contributed by atoms with Crippen molar-refractivity contribution in [1.82, 2.24) is 0 Å². The molecule has 0 spiro atoms. The van der Waals surface area contributed by atoms with Gasteiger partial charge in [0.05, 0.1) is 0 Å². The molecule has 0 unspecified atom stereocenters. The predicted molar refractivity (Wildman–Crippen MR) is 243 cm³/mol. The van der Waals surface area contributed by atoms with Gasteiger partial charge in [0.1, 0.15) is 39.1 Å². The van der Waals surface area contributed by atoms with Gasteiger partial charge in [-0.15, -0.1) is 0 Å². The molecule has 276 valence electrons. The summed E-state index contributed by atoms with van der Waals surface area (Å²) in [5.74, 6) is 3.22. The van der Waals surface area contributed by atoms with Crippen molar-refractivity contribution in [3.63, 3.8) is 0 Å². The zero-order valence-electron chi connectivity index (χ0n) is 33.7. The summed E-state index contributed by atoms with van der Waals surface area (Å²) >= 11 is 0. The van der Waals surface area contributed by atoms with Crippen LogP contribution >= 0.6 is 0 Å². The summed E-state index contributed by atoms with van der Waals surface area (Å²) in [4.78, 5) is 0. The van der Waals surface area contributed by atoms with Crippen LogP contribution in [-0.4, -0.2) is 24.2 Å². The third-order valence-electron chi connectivity index (χ3n) is 13.1. The first-order valence-corrected chi connectivity index (χ1v) is 28.2. The van der Waals surface area contributed by atoms with E-state index < -0.39 is 30.1 Å². The van der Waals surface area contributed by atoms with Gasteiger partial charge in [0.25, 0.3) is 0 Å². The van der Waals surface area contributed by atoms with Crippen LogP contribution in [0, 0.1) is 0 Å². The monoisotopic (exact) mass is 777 g/mol. The van der Waals surface area contributed by atoms with E-state index in [-0.39, 0.29) is 0 Å². The summed E-state index contributed by atoms with van der Waals surface area (Å²) in [6.07, 6.45) is 3.80. The molecule has 0 saturated heterocycles. The minimum atomic E-state index is -3.11. The van der Waals surface area contributed by atoms with Crippen LogP contribution in [0.4, 0.5) is 0 Å². The van der Waals surface area contributed by atoms with Crippen LogP contribution in [0.5, 0.6) is 23.0 Å². The largest absolute Gasteiger partial charge is 0.458 e. The highest BCUT2D eigenvalue weighted by Crippen LogP contribution is 2.44. The van der Waals surface area contributed by atoms with Crippen LogP contribution in [0.1, 0.15) is 38.5 Å². The second-order valence-electron chi connectivity index (χ2n) is 16.9. The summed E-state index contributed by atoms with van der Waals surface area (Å²) in [5, 5.41) is 10.5. The summed E-state index contributed by atoms with van der Waals surface area (Å²) in [5.41, 5.74) is 3.33. The maximum Gasteiger partial charge on any atom is 0.183 e. The maximum absolute atomic E-state index is 10.3. The normalized spacial score (nSPS) is 17.2. The molecule has 56 heavy (non-hydrogen) atoms. The summed E-state index contributed by atoms with van der Waals surface area (Å²) in [7, 11) is -7.31. The van der Waals surface area contributed by atoms with Gasteiger partial charge in [-0.3, -0.25) is 0 Å². The standard InChI is InChI=1S/C51H48O2Si3/c1-54(2)45-28-15-13-26-43(45)52-50-41(25-17-30-47(50)54)40-34-33-39(35-42(40)36-19-11-12-20-36)56(37-21-7-5-8-22-37,38-23-9-6-10-24-38)49-32-18-31-48-51(49)53-44-27-14-16-29-46(44)55(48,3)4/h5-10,13-18,21-36H,11-12,19-20H2,1-4H3/i36D. The predicted octanol–water partition coefficient (Wildman–Crippen LogP) is 8.25. The molecule has 7 aromatic rings. The smallest absolute Gasteiger partial charge is 0.183 e. The Balaban J connectivity index is 1.28. The number of rotatable bonds is 6. The molecule has 2 heterocycles. The molecule has 1 fully saturated rings. The Hall–Kier alpha value is -5.21. The van der Waals surface area contributed by atoms with E-state index in [9.17, 15) is 1.37 Å². The van der Waals surface area contributed by atoms with Gasteiger partial charge in [-0.2, -0.15) is 0 Å². The lowest BCUT2D eigenvalue weighted by Crippen LogP contribution is -2.76. The molecule has 0 radical (unpaired) electrons. The number of hydrogen-bond donors (Lipinski definition) is 0. The molecule has 0 amide bonds. The summed E-state index contributed by atoms with van der Waals surface area (Å²) in [6, 6.07) is 60.6. The minimum Gasteiger partial charge on any atom is -0.458 e. The molecule has 1 aliphatic carbocycles. The number of ether oxygens (including phenoxy) is 2. The topological polar surface area (TPSA) is 18.5 Å². The quantitative estimate of drug-likeness (QED) is 0.125. The first kappa shape index (κ1) is 34.1. The van der Waals surface area contributed by atoms with Crippen LogP contribution in [0.2, 0.25) is 26.2 Å². The number of benzene rings is 7. The van der Waals surface area contributed by atoms with Gasteiger partial charge in [0.15, 0.2) is 8.07 Å². The van der Waals surface area contributed by atoms with Gasteiger partial charge in [0, 0.05) is 6.93 Å². The second kappa shape index (κ2) is 13.5. The SMILES string of the molecule is [2H]C1(c2cc([Si](c3ccccc3)(c3ccccc3)c3cccc4c3Oc3ccccc3[Si]4(C)C)ccc2-c2cccc3c2Oc2ccccc2[Si]3(C)C)CCCC1. The first-order chi connectivity index (χ1) is 27.6. The highest BCUT2D eigenvalue weighted by Gasteiger charge is 2.48. The van der Waals surface area contributed by atoms with Crippen molar-refractivity contribution in [3.05, 3.63) is 169 Å². The molecule has 7 aromatic carbocycles. The molecule has 10 rings (SSSR count). The Morgan fingerprint density at radius 3 is 1.59 bits per heavy atom. The fourth-order valence-corrected chi connectivity index (χ4v) is 20.8. The highest BCUT2D eigenvalue weighted by atomic mass is 28.3. The van der Waals surface area contributed by atoms with E-state index in [1.54, 1.807) is 0 Å². The highest BCUT2D eigenvalue weighted by molar-refractivity contribution is 7.20. The molecular weight excluding hydrogens is 729 g/mol. The number of fused-ring (bicyclic) bond motifs is 4. The number of hydrogen-bond acceptors (Lipinski definition) is 2. The zero-order valence-corrected chi connectivity index (χ0v) is 35.7. The van der Waals surface area contributed by atoms with E-state index in [0.717, 1.165) is 65.4 Å². The van der Waals surface area contributed by atoms with E-state index in [1.807, 2.05) is 0 Å². The van der Waals surface area contributed by atoms with Gasteiger partial charge in [0.2, 0.25) is 0 Å². The molecular formula is C51H48O2Si3. The summed E-state index contributed by atoms with van der Waals surface area (Å²) < 4.78 is 24.4. The first-order valence-electron chi connectivity index (χ1n) is 20.7. The fraction of sp³-hybridized carbons (Fsp3) is 0.176. The Bertz CT molecular complexity index is 2630. The Labute approximate surface area is 336 Å². The van der Waals surface area contributed by atoms with Crippen LogP contribution < -0.4 is 51.0 Å². The Morgan fingerprint density at radius 1 is 0.482 bits per heavy atom. The molecule has 0 bridgehead atoms. The average molecular weight is 778 g/mol. The van der Waals surface area contributed by atoms with Crippen molar-refractivity contribution >= 4 is 65.7 Å². The van der Waals surface area contributed by atoms with E-state index in [0.29, 0.717) is 0 Å². The average Bonchev–Trinajstić information content (AvgIpc) is 3.69. The van der Waals surface area contributed by atoms with Crippen molar-refractivity contribution in [2.75, 3.05) is 0 Å². The van der Waals surface area contributed by atoms with Crippen LogP contribution in [0.3, 0.4) is 0 Å². The van der Waals surface area contributed by atoms with E-state index in [4.69, 9.17) is 9.47 Å². The Morgan fingerprint density at radius 2 is 0.982 bits per heavy atom. The lowest BCUT2D eigenvalue weighted by molar-refractivity contribution is 0.488. The molecule has 1 saturated carbocycles. The summed E-state index contributed by atoms with van der Waals surface area (Å²) in [6.45, 7) is 9.81. The molecule has 2 aliphatic heterocycles. The van der Waals surface area contributed by atoms with Gasteiger partial charge in [-0.25, -0.2) is 0 Å². The van der Waals surface area contributed by atoms with Gasteiger partial charge >= 0.3 is 0 Å². The van der Waals surface area contributed by atoms with Crippen molar-refractivity contribution in [2.45, 2.75) is 57.8 Å². The third-order valence-corrected chi connectivity index (χ3v) is 24.8. The van der Waals surface area contributed by atoms with Crippen molar-refractivity contribution in [1.29, 1.82) is 0 Å². The van der Waals surface area contributed by atoms with Crippen LogP contribution in [0.25, 0.3) is 11.1 Å². The molecule has 0 atom stereocenters. The van der Waals surface area contributed by atoms with E-state index in [2.05, 4.69) is 190 Å². The minimum absolute atomic E-state index is 0.721. The molecule has 0 N–H and O–H groups in total. The van der Waals surface area contributed by atoms with Crippen molar-refractivity contribution in [2.24, 2.45) is 0 Å². The van der Waals surface area contributed by atoms with Crippen LogP contribution in [-0.2, 0) is 0 Å². The maximum atomic E-state index is 10.3. The molecule has 3 aliphatic rings. The molecule has 2 nitrogen and oxygen atoms in total. The van der Waals surface area contributed by atoms with Crippen molar-refractivity contribution in [3.8, 4) is 34.1 Å². The Kier molecular flexibility index (Phi) is 8.20.